The minimum absolute atomic E-state index is 0.103. The molecule has 0 spiro atoms. The van der Waals surface area contributed by atoms with Crippen LogP contribution in [0.15, 0.2) is 12.3 Å². The molecule has 0 aromatic carbocycles. The van der Waals surface area contributed by atoms with E-state index in [4.69, 9.17) is 12.2 Å². The van der Waals surface area contributed by atoms with Gasteiger partial charge in [-0.25, -0.2) is 13.4 Å². The first-order valence-corrected chi connectivity index (χ1v) is 8.47. The average molecular weight is 297 g/mol. The molecule has 19 heavy (non-hydrogen) atoms. The molecule has 2 aromatic rings. The van der Waals surface area contributed by atoms with Crippen molar-refractivity contribution in [3.05, 3.63) is 22.6 Å². The minimum atomic E-state index is -2.96. The molecule has 0 aliphatic carbocycles. The second kappa shape index (κ2) is 4.42. The van der Waals surface area contributed by atoms with Gasteiger partial charge in [0, 0.05) is 6.20 Å². The van der Waals surface area contributed by atoms with Crippen LogP contribution in [0, 0.1) is 11.7 Å². The quantitative estimate of drug-likeness (QED) is 0.819. The van der Waals surface area contributed by atoms with Gasteiger partial charge in [0.15, 0.2) is 20.3 Å². The summed E-state index contributed by atoms with van der Waals surface area (Å²) in [5, 5.41) is 0. The van der Waals surface area contributed by atoms with Crippen LogP contribution >= 0.6 is 12.2 Å². The highest BCUT2D eigenvalue weighted by molar-refractivity contribution is 7.91. The molecule has 1 fully saturated rings. The predicted molar refractivity (Wildman–Crippen MR) is 76.6 cm³/mol. The van der Waals surface area contributed by atoms with Crippen molar-refractivity contribution in [2.24, 2.45) is 0 Å². The molecule has 3 heterocycles. The van der Waals surface area contributed by atoms with Crippen molar-refractivity contribution in [3.8, 4) is 0 Å². The largest absolute Gasteiger partial charge is 0.329 e. The summed E-state index contributed by atoms with van der Waals surface area (Å²) < 4.78 is 26.0. The van der Waals surface area contributed by atoms with E-state index in [1.54, 1.807) is 6.20 Å². The number of hydrogen-bond acceptors (Lipinski definition) is 4. The number of fused-ring (bicyclic) bond motifs is 1. The second-order valence-electron chi connectivity index (χ2n) is 5.04. The van der Waals surface area contributed by atoms with E-state index >= 15 is 0 Å². The third kappa shape index (κ3) is 2.21. The molecule has 1 unspecified atom stereocenters. The molecule has 0 radical (unpaired) electrons. The first-order valence-electron chi connectivity index (χ1n) is 6.24. The summed E-state index contributed by atoms with van der Waals surface area (Å²) in [7, 11) is -2.96. The van der Waals surface area contributed by atoms with Crippen molar-refractivity contribution in [2.45, 2.75) is 25.8 Å². The highest BCUT2D eigenvalue weighted by Crippen LogP contribution is 2.27. The number of nitrogens with one attached hydrogen (secondary N) is 1. The Bertz CT molecular complexity index is 789. The van der Waals surface area contributed by atoms with Crippen LogP contribution < -0.4 is 0 Å². The van der Waals surface area contributed by atoms with Gasteiger partial charge in [-0.15, -0.1) is 0 Å². The highest BCUT2D eigenvalue weighted by Gasteiger charge is 2.28. The van der Waals surface area contributed by atoms with Gasteiger partial charge in [0.05, 0.1) is 23.1 Å². The van der Waals surface area contributed by atoms with Crippen LogP contribution in [0.5, 0.6) is 0 Å². The standard InChI is InChI=1S/C12H15N3O2S2/c1-8-4-5-13-11-10(8)14-12(18)15(11)9-3-2-6-19(16,17)7-9/h4-5,9H,2-3,6-7H2,1H3,(H,14,18). The lowest BCUT2D eigenvalue weighted by Crippen LogP contribution is -2.27. The molecule has 1 atom stereocenters. The molecule has 2 aromatic heterocycles. The van der Waals surface area contributed by atoms with Gasteiger partial charge >= 0.3 is 0 Å². The summed E-state index contributed by atoms with van der Waals surface area (Å²) in [4.78, 5) is 7.50. The Hall–Kier alpha value is -1.21. The van der Waals surface area contributed by atoms with E-state index in [-0.39, 0.29) is 17.5 Å². The maximum absolute atomic E-state index is 11.8. The third-order valence-corrected chi connectivity index (χ3v) is 5.72. The zero-order chi connectivity index (χ0) is 13.6. The number of hydrogen-bond donors (Lipinski definition) is 1. The Morgan fingerprint density at radius 3 is 3.05 bits per heavy atom. The van der Waals surface area contributed by atoms with Crippen LogP contribution in [0.25, 0.3) is 11.2 Å². The molecule has 7 heteroatoms. The summed E-state index contributed by atoms with van der Waals surface area (Å²) in [6.45, 7) is 1.98. The van der Waals surface area contributed by atoms with Gasteiger partial charge in [0.1, 0.15) is 0 Å². The lowest BCUT2D eigenvalue weighted by atomic mass is 10.2. The number of H-pyrrole nitrogens is 1. The normalized spacial score (nSPS) is 22.7. The fraction of sp³-hybridized carbons (Fsp3) is 0.500. The molecule has 0 amide bonds. The lowest BCUT2D eigenvalue weighted by Gasteiger charge is -2.23. The number of aromatic amines is 1. The predicted octanol–water partition coefficient (Wildman–Crippen LogP) is 2.15. The van der Waals surface area contributed by atoms with Crippen LogP contribution in [-0.2, 0) is 9.84 Å². The van der Waals surface area contributed by atoms with Gasteiger partial charge in [-0.1, -0.05) is 0 Å². The van der Waals surface area contributed by atoms with Crippen LogP contribution in [0.4, 0.5) is 0 Å². The van der Waals surface area contributed by atoms with E-state index in [0.29, 0.717) is 11.2 Å². The molecule has 102 valence electrons. The Kier molecular flexibility index (Phi) is 2.98. The van der Waals surface area contributed by atoms with Crippen LogP contribution in [-0.4, -0.2) is 34.5 Å². The summed E-state index contributed by atoms with van der Waals surface area (Å²) in [6.07, 6.45) is 3.25. The number of aryl methyl sites for hydroxylation is 1. The zero-order valence-corrected chi connectivity index (χ0v) is 12.2. The highest BCUT2D eigenvalue weighted by atomic mass is 32.2. The van der Waals surface area contributed by atoms with Crippen molar-refractivity contribution < 1.29 is 8.42 Å². The summed E-state index contributed by atoms with van der Waals surface area (Å²) >= 11 is 5.34. The Morgan fingerprint density at radius 2 is 2.32 bits per heavy atom. The van der Waals surface area contributed by atoms with E-state index in [2.05, 4.69) is 9.97 Å². The van der Waals surface area contributed by atoms with Crippen molar-refractivity contribution in [2.75, 3.05) is 11.5 Å². The molecule has 1 aliphatic heterocycles. The zero-order valence-electron chi connectivity index (χ0n) is 10.6. The number of imidazole rings is 1. The van der Waals surface area contributed by atoms with Gasteiger partial charge in [-0.3, -0.25) is 4.57 Å². The molecule has 1 N–H and O–H groups in total. The molecule has 1 aliphatic rings. The van der Waals surface area contributed by atoms with Crippen LogP contribution in [0.2, 0.25) is 0 Å². The van der Waals surface area contributed by atoms with Gasteiger partial charge < -0.3 is 4.98 Å². The van der Waals surface area contributed by atoms with Crippen molar-refractivity contribution in [3.63, 3.8) is 0 Å². The topological polar surface area (TPSA) is 67.8 Å². The Balaban J connectivity index is 2.18. The maximum atomic E-state index is 11.8. The fourth-order valence-electron chi connectivity index (χ4n) is 2.69. The first kappa shape index (κ1) is 12.8. The summed E-state index contributed by atoms with van der Waals surface area (Å²) in [6, 6.07) is 1.81. The molecular weight excluding hydrogens is 282 g/mol. The van der Waals surface area contributed by atoms with E-state index in [1.807, 2.05) is 17.6 Å². The lowest BCUT2D eigenvalue weighted by molar-refractivity contribution is 0.473. The van der Waals surface area contributed by atoms with E-state index in [0.717, 1.165) is 23.1 Å². The fourth-order valence-corrected chi connectivity index (χ4v) is 4.70. The van der Waals surface area contributed by atoms with Crippen molar-refractivity contribution in [1.82, 2.24) is 14.5 Å². The number of rotatable bonds is 1. The second-order valence-corrected chi connectivity index (χ2v) is 7.65. The average Bonchev–Trinajstić information content (AvgIpc) is 2.66. The first-order chi connectivity index (χ1) is 8.98. The smallest absolute Gasteiger partial charge is 0.179 e. The minimum Gasteiger partial charge on any atom is -0.329 e. The molecule has 1 saturated heterocycles. The molecule has 3 rings (SSSR count). The van der Waals surface area contributed by atoms with Gasteiger partial charge in [-0.2, -0.15) is 0 Å². The van der Waals surface area contributed by atoms with Crippen molar-refractivity contribution in [1.29, 1.82) is 0 Å². The Labute approximate surface area is 116 Å². The molecular formula is C12H15N3O2S2. The van der Waals surface area contributed by atoms with E-state index < -0.39 is 9.84 Å². The molecule has 0 saturated carbocycles. The van der Waals surface area contributed by atoms with Crippen LogP contribution in [0.1, 0.15) is 24.4 Å². The number of pyridine rings is 1. The monoisotopic (exact) mass is 297 g/mol. The Morgan fingerprint density at radius 1 is 1.53 bits per heavy atom. The van der Waals surface area contributed by atoms with Gasteiger partial charge in [0.2, 0.25) is 0 Å². The van der Waals surface area contributed by atoms with Gasteiger partial charge in [0.25, 0.3) is 0 Å². The summed E-state index contributed by atoms with van der Waals surface area (Å²) in [5.41, 5.74) is 2.72. The number of sulfone groups is 1. The van der Waals surface area contributed by atoms with Gasteiger partial charge in [-0.05, 0) is 43.6 Å². The SMILES string of the molecule is Cc1ccnc2c1[nH]c(=S)n2C1CCCS(=O)(=O)C1. The van der Waals surface area contributed by atoms with E-state index in [9.17, 15) is 8.42 Å². The summed E-state index contributed by atoms with van der Waals surface area (Å²) in [5.74, 6) is 0.440. The van der Waals surface area contributed by atoms with E-state index in [1.165, 1.54) is 0 Å². The molecule has 5 nitrogen and oxygen atoms in total. The maximum Gasteiger partial charge on any atom is 0.179 e. The number of nitrogens with zero attached hydrogens (tertiary/aromatic N) is 2. The third-order valence-electron chi connectivity index (χ3n) is 3.62. The molecule has 0 bridgehead atoms. The number of aromatic nitrogens is 3. The van der Waals surface area contributed by atoms with Crippen molar-refractivity contribution >= 4 is 33.2 Å². The van der Waals surface area contributed by atoms with Crippen LogP contribution in [0.3, 0.4) is 0 Å².